The second-order valence-electron chi connectivity index (χ2n) is 9.40. The van der Waals surface area contributed by atoms with E-state index in [9.17, 15) is 4.79 Å². The number of hydrogen-bond donors (Lipinski definition) is 1. The fraction of sp³-hybridized carbons (Fsp3) is 0.577. The monoisotopic (exact) mass is 467 g/mol. The van der Waals surface area contributed by atoms with Crippen molar-refractivity contribution in [2.24, 2.45) is 5.92 Å². The summed E-state index contributed by atoms with van der Waals surface area (Å²) in [4.78, 5) is 25.9. The lowest BCUT2D eigenvalue weighted by molar-refractivity contribution is 0.0930. The molecule has 1 N–H and O–H groups in total. The molecule has 1 saturated heterocycles. The highest BCUT2D eigenvalue weighted by Gasteiger charge is 2.22. The molecular formula is C26H37N5OS. The van der Waals surface area contributed by atoms with Crippen molar-refractivity contribution < 1.29 is 4.79 Å². The molecule has 0 radical (unpaired) electrons. The summed E-state index contributed by atoms with van der Waals surface area (Å²) in [6.45, 7) is 4.09. The van der Waals surface area contributed by atoms with E-state index < -0.39 is 0 Å². The smallest absolute Gasteiger partial charge is 0.270 e. The van der Waals surface area contributed by atoms with Crippen LogP contribution in [0.5, 0.6) is 0 Å². The minimum atomic E-state index is -0.0725. The van der Waals surface area contributed by atoms with Gasteiger partial charge in [0.2, 0.25) is 0 Å². The van der Waals surface area contributed by atoms with Gasteiger partial charge in [-0.25, -0.2) is 4.98 Å². The number of rotatable bonds is 7. The summed E-state index contributed by atoms with van der Waals surface area (Å²) < 4.78 is 0. The molecule has 1 aliphatic heterocycles. The number of likely N-dealkylation sites (tertiary alicyclic amines) is 1. The van der Waals surface area contributed by atoms with E-state index in [1.165, 1.54) is 75.7 Å². The molecule has 0 saturated carbocycles. The van der Waals surface area contributed by atoms with E-state index in [4.69, 9.17) is 0 Å². The number of carbonyl (C=O) groups excluding carboxylic acids is 1. The summed E-state index contributed by atoms with van der Waals surface area (Å²) in [5.74, 6) is 0.439. The van der Waals surface area contributed by atoms with Gasteiger partial charge in [0.25, 0.3) is 5.91 Å². The third kappa shape index (κ3) is 7.11. The second kappa shape index (κ2) is 12.3. The van der Waals surface area contributed by atoms with Crippen molar-refractivity contribution >= 4 is 28.1 Å². The molecule has 1 atom stereocenters. The molecule has 0 aromatic carbocycles. The standard InChI is InChI=1S/C26H37N5OS/c1-30(23-12-14-27-15-13-23)26-29-24(20-33-26)25(32)28-17-22-11-8-16-31(19-22)18-21-9-6-4-2-3-5-7-10-21/h9,12-15,20,22H,2-8,10-11,16-19H2,1H3,(H,28,32)/b21-9+/t22-/m0/s1. The molecule has 178 valence electrons. The highest BCUT2D eigenvalue weighted by Crippen LogP contribution is 2.26. The number of carbonyl (C=O) groups is 1. The Balaban J connectivity index is 1.26. The zero-order valence-corrected chi connectivity index (χ0v) is 20.7. The van der Waals surface area contributed by atoms with Crippen molar-refractivity contribution in [3.05, 3.63) is 47.2 Å². The summed E-state index contributed by atoms with van der Waals surface area (Å²) in [6.07, 6.45) is 17.8. The summed E-state index contributed by atoms with van der Waals surface area (Å²) >= 11 is 1.49. The normalized spacial score (nSPS) is 21.8. The van der Waals surface area contributed by atoms with Crippen LogP contribution in [0.25, 0.3) is 0 Å². The lowest BCUT2D eigenvalue weighted by Gasteiger charge is -2.33. The molecule has 7 heteroatoms. The van der Waals surface area contributed by atoms with Gasteiger partial charge in [-0.15, -0.1) is 11.3 Å². The van der Waals surface area contributed by atoms with Crippen LogP contribution < -0.4 is 10.2 Å². The van der Waals surface area contributed by atoms with Gasteiger partial charge in [-0.2, -0.15) is 0 Å². The van der Waals surface area contributed by atoms with Crippen molar-refractivity contribution in [1.82, 2.24) is 20.2 Å². The first kappa shape index (κ1) is 23.9. The molecule has 2 aromatic heterocycles. The van der Waals surface area contributed by atoms with Crippen LogP contribution in [-0.4, -0.2) is 54.0 Å². The van der Waals surface area contributed by atoms with Gasteiger partial charge in [-0.1, -0.05) is 30.9 Å². The Bertz CT molecular complexity index is 912. The number of anilines is 2. The maximum Gasteiger partial charge on any atom is 0.270 e. The van der Waals surface area contributed by atoms with Crippen molar-refractivity contribution in [2.75, 3.05) is 38.1 Å². The number of nitrogens with zero attached hydrogens (tertiary/aromatic N) is 4. The van der Waals surface area contributed by atoms with Gasteiger partial charge in [0.15, 0.2) is 5.13 Å². The predicted molar refractivity (Wildman–Crippen MR) is 136 cm³/mol. The molecule has 0 spiro atoms. The third-order valence-corrected chi connectivity index (χ3v) is 7.69. The van der Waals surface area contributed by atoms with Gasteiger partial charge in [0.05, 0.1) is 0 Å². The number of amides is 1. The van der Waals surface area contributed by atoms with Crippen molar-refractivity contribution in [3.8, 4) is 0 Å². The minimum absolute atomic E-state index is 0.0725. The first-order valence-electron chi connectivity index (χ1n) is 12.5. The largest absolute Gasteiger partial charge is 0.350 e. The van der Waals surface area contributed by atoms with Crippen molar-refractivity contribution in [1.29, 1.82) is 0 Å². The molecule has 0 bridgehead atoms. The predicted octanol–water partition coefficient (Wildman–Crippen LogP) is 5.42. The Hall–Kier alpha value is -2.25. The van der Waals surface area contributed by atoms with Crippen molar-refractivity contribution in [2.45, 2.75) is 57.8 Å². The molecule has 2 aliphatic rings. The van der Waals surface area contributed by atoms with Crippen molar-refractivity contribution in [3.63, 3.8) is 0 Å². The molecule has 2 aromatic rings. The molecule has 1 amide bonds. The van der Waals surface area contributed by atoms with Gasteiger partial charge in [0, 0.05) is 50.1 Å². The van der Waals surface area contributed by atoms with E-state index in [-0.39, 0.29) is 5.91 Å². The molecule has 33 heavy (non-hydrogen) atoms. The number of hydrogen-bond acceptors (Lipinski definition) is 6. The number of pyridine rings is 1. The maximum absolute atomic E-state index is 12.7. The molecule has 6 nitrogen and oxygen atoms in total. The van der Waals surface area contributed by atoms with Crippen LogP contribution in [0, 0.1) is 5.92 Å². The summed E-state index contributed by atoms with van der Waals surface area (Å²) in [6, 6.07) is 3.87. The highest BCUT2D eigenvalue weighted by molar-refractivity contribution is 7.14. The molecular weight excluding hydrogens is 430 g/mol. The average molecular weight is 468 g/mol. The zero-order chi connectivity index (χ0) is 22.9. The Morgan fingerprint density at radius 2 is 2.00 bits per heavy atom. The van der Waals surface area contributed by atoms with Crippen LogP contribution >= 0.6 is 11.3 Å². The molecule has 1 aliphatic carbocycles. The Morgan fingerprint density at radius 1 is 1.18 bits per heavy atom. The average Bonchev–Trinajstić information content (AvgIpc) is 3.38. The number of aromatic nitrogens is 2. The van der Waals surface area contributed by atoms with Gasteiger partial charge in [0.1, 0.15) is 5.69 Å². The summed E-state index contributed by atoms with van der Waals surface area (Å²) in [7, 11) is 1.96. The highest BCUT2D eigenvalue weighted by atomic mass is 32.1. The number of nitrogens with one attached hydrogen (secondary N) is 1. The number of thiazole rings is 1. The Kier molecular flexibility index (Phi) is 8.89. The maximum atomic E-state index is 12.7. The van der Waals surface area contributed by atoms with E-state index >= 15 is 0 Å². The van der Waals surface area contributed by atoms with E-state index in [0.717, 1.165) is 30.5 Å². The molecule has 1 fully saturated rings. The zero-order valence-electron chi connectivity index (χ0n) is 19.8. The Labute approximate surface area is 202 Å². The summed E-state index contributed by atoms with van der Waals surface area (Å²) in [5.41, 5.74) is 3.14. The van der Waals surface area contributed by atoms with E-state index in [1.807, 2.05) is 29.5 Å². The SMILES string of the molecule is CN(c1ccncc1)c1nc(C(=O)NC[C@@H]2CCCN(C/C3=C/CCCCCCC3)C2)cs1. The van der Waals surface area contributed by atoms with Crippen LogP contribution in [0.1, 0.15) is 68.3 Å². The number of allylic oxidation sites excluding steroid dienone is 1. The lowest BCUT2D eigenvalue weighted by Crippen LogP contribution is -2.41. The number of piperidine rings is 1. The first-order chi connectivity index (χ1) is 16.2. The van der Waals surface area contributed by atoms with Gasteiger partial charge < -0.3 is 10.2 Å². The van der Waals surface area contributed by atoms with E-state index in [0.29, 0.717) is 11.6 Å². The fourth-order valence-electron chi connectivity index (χ4n) is 4.86. The van der Waals surface area contributed by atoms with Crippen LogP contribution in [0.2, 0.25) is 0 Å². The minimum Gasteiger partial charge on any atom is -0.350 e. The van der Waals surface area contributed by atoms with Crippen LogP contribution in [0.4, 0.5) is 10.8 Å². The van der Waals surface area contributed by atoms with Gasteiger partial charge in [-0.3, -0.25) is 14.7 Å². The van der Waals surface area contributed by atoms with Crippen LogP contribution in [0.15, 0.2) is 41.6 Å². The quantitative estimate of drug-likeness (QED) is 0.551. The summed E-state index contributed by atoms with van der Waals surface area (Å²) in [5, 5.41) is 5.80. The topological polar surface area (TPSA) is 61.4 Å². The molecule has 4 rings (SSSR count). The van der Waals surface area contributed by atoms with E-state index in [2.05, 4.69) is 26.3 Å². The van der Waals surface area contributed by atoms with Gasteiger partial charge in [-0.05, 0) is 63.1 Å². The first-order valence-corrected chi connectivity index (χ1v) is 13.3. The molecule has 0 unspecified atom stereocenters. The fourth-order valence-corrected chi connectivity index (χ4v) is 5.65. The van der Waals surface area contributed by atoms with Gasteiger partial charge >= 0.3 is 0 Å². The third-order valence-electron chi connectivity index (χ3n) is 6.78. The van der Waals surface area contributed by atoms with E-state index in [1.54, 1.807) is 18.0 Å². The Morgan fingerprint density at radius 3 is 2.88 bits per heavy atom. The lowest BCUT2D eigenvalue weighted by atomic mass is 9.96. The van der Waals surface area contributed by atoms with Crippen LogP contribution in [0.3, 0.4) is 0 Å². The van der Waals surface area contributed by atoms with Crippen LogP contribution in [-0.2, 0) is 0 Å². The second-order valence-corrected chi connectivity index (χ2v) is 10.2. The molecule has 3 heterocycles.